The molecule has 0 aliphatic carbocycles. The van der Waals surface area contributed by atoms with Crippen LogP contribution in [0.4, 0.5) is 0 Å². The number of benzene rings is 1. The molecule has 0 bridgehead atoms. The van der Waals surface area contributed by atoms with E-state index in [1.165, 1.54) is 11.8 Å². The SMILES string of the molecule is Cc1nnc(Sc2cc(Br)ccc2C(=N)N)o1. The topological polar surface area (TPSA) is 88.8 Å². The largest absolute Gasteiger partial charge is 0.416 e. The van der Waals surface area contributed by atoms with Crippen molar-refractivity contribution in [3.05, 3.63) is 34.1 Å². The number of hydrogen-bond donors (Lipinski definition) is 2. The number of hydrogen-bond acceptors (Lipinski definition) is 5. The first-order valence-corrected chi connectivity index (χ1v) is 6.29. The maximum Gasteiger partial charge on any atom is 0.281 e. The van der Waals surface area contributed by atoms with Crippen LogP contribution in [0.1, 0.15) is 11.5 Å². The van der Waals surface area contributed by atoms with E-state index in [0.717, 1.165) is 9.37 Å². The van der Waals surface area contributed by atoms with Gasteiger partial charge in [0.1, 0.15) is 5.84 Å². The molecule has 0 aliphatic heterocycles. The maximum atomic E-state index is 7.50. The summed E-state index contributed by atoms with van der Waals surface area (Å²) in [7, 11) is 0. The fourth-order valence-corrected chi connectivity index (χ4v) is 2.64. The lowest BCUT2D eigenvalue weighted by Crippen LogP contribution is -2.12. The molecular weight excluding hydrogens is 304 g/mol. The van der Waals surface area contributed by atoms with Crippen molar-refractivity contribution in [1.82, 2.24) is 10.2 Å². The van der Waals surface area contributed by atoms with Crippen LogP contribution in [0.2, 0.25) is 0 Å². The van der Waals surface area contributed by atoms with Crippen LogP contribution < -0.4 is 5.73 Å². The Hall–Kier alpha value is -1.34. The number of nitrogens with one attached hydrogen (secondary N) is 1. The summed E-state index contributed by atoms with van der Waals surface area (Å²) < 4.78 is 6.18. The molecule has 0 spiro atoms. The summed E-state index contributed by atoms with van der Waals surface area (Å²) in [5.41, 5.74) is 6.16. The lowest BCUT2D eigenvalue weighted by Gasteiger charge is -2.05. The Balaban J connectivity index is 2.37. The van der Waals surface area contributed by atoms with Gasteiger partial charge < -0.3 is 10.2 Å². The second-order valence-electron chi connectivity index (χ2n) is 3.24. The number of aromatic nitrogens is 2. The number of nitrogens with two attached hydrogens (primary N) is 1. The fourth-order valence-electron chi connectivity index (χ4n) is 1.22. The van der Waals surface area contributed by atoms with Gasteiger partial charge in [-0.2, -0.15) is 0 Å². The summed E-state index contributed by atoms with van der Waals surface area (Å²) in [5.74, 6) is 0.517. The van der Waals surface area contributed by atoms with Crippen LogP contribution >= 0.6 is 27.7 Å². The molecule has 3 N–H and O–H groups in total. The first-order chi connectivity index (χ1) is 8.06. The van der Waals surface area contributed by atoms with Gasteiger partial charge in [-0.15, -0.1) is 10.2 Å². The van der Waals surface area contributed by atoms with E-state index in [2.05, 4.69) is 26.1 Å². The molecule has 1 aromatic heterocycles. The summed E-state index contributed by atoms with van der Waals surface area (Å²) in [5, 5.41) is 15.6. The Labute approximate surface area is 110 Å². The Morgan fingerprint density at radius 3 is 2.82 bits per heavy atom. The highest BCUT2D eigenvalue weighted by Crippen LogP contribution is 2.31. The molecule has 1 heterocycles. The minimum Gasteiger partial charge on any atom is -0.416 e. The molecule has 0 saturated carbocycles. The quantitative estimate of drug-likeness (QED) is 0.671. The maximum absolute atomic E-state index is 7.50. The third-order valence-corrected chi connectivity index (χ3v) is 3.33. The normalized spacial score (nSPS) is 10.5. The van der Waals surface area contributed by atoms with Crippen LogP contribution in [0, 0.1) is 12.3 Å². The zero-order valence-corrected chi connectivity index (χ0v) is 11.3. The summed E-state index contributed by atoms with van der Waals surface area (Å²) in [4.78, 5) is 0.801. The Bertz CT molecular complexity index is 569. The number of halogens is 1. The van der Waals surface area contributed by atoms with Gasteiger partial charge in [-0.1, -0.05) is 15.9 Å². The molecule has 0 fully saturated rings. The standard InChI is InChI=1S/C10H9BrN4OS/c1-5-14-15-10(16-5)17-8-4-6(11)2-3-7(8)9(12)13/h2-4H,1H3,(H3,12,13). The average molecular weight is 313 g/mol. The lowest BCUT2D eigenvalue weighted by molar-refractivity contribution is 0.429. The first-order valence-electron chi connectivity index (χ1n) is 4.68. The average Bonchev–Trinajstić information content (AvgIpc) is 2.63. The molecular formula is C10H9BrN4OS. The van der Waals surface area contributed by atoms with E-state index in [4.69, 9.17) is 15.6 Å². The van der Waals surface area contributed by atoms with Crippen molar-refractivity contribution >= 4 is 33.5 Å². The van der Waals surface area contributed by atoms with Crippen molar-refractivity contribution in [3.8, 4) is 0 Å². The van der Waals surface area contributed by atoms with E-state index in [-0.39, 0.29) is 5.84 Å². The van der Waals surface area contributed by atoms with E-state index in [1.807, 2.05) is 12.1 Å². The highest BCUT2D eigenvalue weighted by atomic mass is 79.9. The van der Waals surface area contributed by atoms with Gasteiger partial charge in [0.05, 0.1) is 0 Å². The third-order valence-electron chi connectivity index (χ3n) is 1.94. The number of amidine groups is 1. The molecule has 2 rings (SSSR count). The van der Waals surface area contributed by atoms with E-state index in [9.17, 15) is 0 Å². The van der Waals surface area contributed by atoms with Gasteiger partial charge in [0.15, 0.2) is 0 Å². The van der Waals surface area contributed by atoms with Gasteiger partial charge in [-0.05, 0) is 30.0 Å². The monoisotopic (exact) mass is 312 g/mol. The van der Waals surface area contributed by atoms with Crippen molar-refractivity contribution < 1.29 is 4.42 Å². The van der Waals surface area contributed by atoms with E-state index in [1.54, 1.807) is 13.0 Å². The number of rotatable bonds is 3. The Morgan fingerprint density at radius 1 is 1.47 bits per heavy atom. The van der Waals surface area contributed by atoms with Crippen molar-refractivity contribution in [1.29, 1.82) is 5.41 Å². The molecule has 0 radical (unpaired) electrons. The summed E-state index contributed by atoms with van der Waals surface area (Å²) in [6.07, 6.45) is 0. The van der Waals surface area contributed by atoms with Crippen LogP contribution in [0.25, 0.3) is 0 Å². The molecule has 0 unspecified atom stereocenters. The first kappa shape index (κ1) is 12.1. The minimum absolute atomic E-state index is 0.0104. The second kappa shape index (κ2) is 4.89. The van der Waals surface area contributed by atoms with Crippen molar-refractivity contribution in [2.45, 2.75) is 17.0 Å². The van der Waals surface area contributed by atoms with Crippen molar-refractivity contribution in [2.75, 3.05) is 0 Å². The third kappa shape index (κ3) is 2.86. The number of nitrogen functional groups attached to an aromatic ring is 1. The van der Waals surface area contributed by atoms with Gasteiger partial charge in [0.25, 0.3) is 5.22 Å². The number of nitrogens with zero attached hydrogens (tertiary/aromatic N) is 2. The van der Waals surface area contributed by atoms with Crippen LogP contribution in [0.5, 0.6) is 0 Å². The van der Waals surface area contributed by atoms with Crippen LogP contribution in [-0.2, 0) is 0 Å². The van der Waals surface area contributed by atoms with Gasteiger partial charge in [-0.25, -0.2) is 0 Å². The van der Waals surface area contributed by atoms with Gasteiger partial charge in [0.2, 0.25) is 5.89 Å². The smallest absolute Gasteiger partial charge is 0.281 e. The number of aryl methyl sites for hydroxylation is 1. The lowest BCUT2D eigenvalue weighted by atomic mass is 10.2. The second-order valence-corrected chi connectivity index (χ2v) is 5.15. The molecule has 7 heteroatoms. The minimum atomic E-state index is 0.0104. The van der Waals surface area contributed by atoms with Crippen molar-refractivity contribution in [2.24, 2.45) is 5.73 Å². The summed E-state index contributed by atoms with van der Waals surface area (Å²) in [6, 6.07) is 5.47. The molecule has 17 heavy (non-hydrogen) atoms. The van der Waals surface area contributed by atoms with Crippen LogP contribution in [-0.4, -0.2) is 16.0 Å². The predicted octanol–water partition coefficient (Wildman–Crippen LogP) is 2.58. The van der Waals surface area contributed by atoms with Crippen LogP contribution in [0.3, 0.4) is 0 Å². The molecule has 5 nitrogen and oxygen atoms in total. The molecule has 0 atom stereocenters. The van der Waals surface area contributed by atoms with Gasteiger partial charge in [-0.3, -0.25) is 5.41 Å². The van der Waals surface area contributed by atoms with E-state index < -0.39 is 0 Å². The van der Waals surface area contributed by atoms with Crippen LogP contribution in [0.15, 0.2) is 37.2 Å². The summed E-state index contributed by atoms with van der Waals surface area (Å²) >= 11 is 4.66. The Morgan fingerprint density at radius 2 is 2.24 bits per heavy atom. The fraction of sp³-hybridized carbons (Fsp3) is 0.100. The predicted molar refractivity (Wildman–Crippen MR) is 68.3 cm³/mol. The van der Waals surface area contributed by atoms with E-state index in [0.29, 0.717) is 16.7 Å². The highest BCUT2D eigenvalue weighted by Gasteiger charge is 2.11. The van der Waals surface area contributed by atoms with E-state index >= 15 is 0 Å². The Kier molecular flexibility index (Phi) is 3.49. The zero-order valence-electron chi connectivity index (χ0n) is 8.90. The zero-order chi connectivity index (χ0) is 12.4. The molecule has 0 saturated heterocycles. The molecule has 0 amide bonds. The molecule has 0 aliphatic rings. The van der Waals surface area contributed by atoms with Crippen molar-refractivity contribution in [3.63, 3.8) is 0 Å². The molecule has 2 aromatic rings. The summed E-state index contributed by atoms with van der Waals surface area (Å²) in [6.45, 7) is 1.73. The molecule has 88 valence electrons. The highest BCUT2D eigenvalue weighted by molar-refractivity contribution is 9.10. The van der Waals surface area contributed by atoms with Gasteiger partial charge in [0, 0.05) is 21.9 Å². The molecule has 1 aromatic carbocycles. The van der Waals surface area contributed by atoms with Gasteiger partial charge >= 0.3 is 0 Å².